The van der Waals surface area contributed by atoms with Crippen LogP contribution in [0.5, 0.6) is 0 Å². The molecule has 1 amide bonds. The van der Waals surface area contributed by atoms with Crippen LogP contribution in [-0.4, -0.2) is 23.9 Å². The molecule has 3 saturated carbocycles. The van der Waals surface area contributed by atoms with Crippen LogP contribution in [-0.2, 0) is 4.79 Å². The standard InChI is InChI=1S/C17H27NO/c19-17(16-10-11-16)18(13-15-8-9-15)12-4-7-14-5-2-1-3-6-14/h4,7,14-16H,1-3,5-6,8-13H2/b7-4-. The summed E-state index contributed by atoms with van der Waals surface area (Å²) in [5, 5.41) is 0. The molecule has 0 radical (unpaired) electrons. The molecule has 0 aliphatic heterocycles. The molecule has 0 atom stereocenters. The summed E-state index contributed by atoms with van der Waals surface area (Å²) in [5.74, 6) is 2.40. The van der Waals surface area contributed by atoms with Gasteiger partial charge in [0.2, 0.25) is 5.91 Å². The molecule has 0 heterocycles. The molecule has 0 N–H and O–H groups in total. The van der Waals surface area contributed by atoms with Crippen LogP contribution in [0.25, 0.3) is 0 Å². The van der Waals surface area contributed by atoms with Crippen molar-refractivity contribution in [2.45, 2.75) is 57.8 Å². The van der Waals surface area contributed by atoms with Gasteiger partial charge >= 0.3 is 0 Å². The maximum atomic E-state index is 12.2. The minimum absolute atomic E-state index is 0.377. The number of carbonyl (C=O) groups is 1. The van der Waals surface area contributed by atoms with Crippen LogP contribution in [0, 0.1) is 17.8 Å². The van der Waals surface area contributed by atoms with Crippen molar-refractivity contribution in [1.82, 2.24) is 4.90 Å². The average molecular weight is 261 g/mol. The molecule has 0 spiro atoms. The Bertz CT molecular complexity index is 335. The third-order valence-electron chi connectivity index (χ3n) is 4.80. The Hall–Kier alpha value is -0.790. The molecule has 0 unspecified atom stereocenters. The average Bonchev–Trinajstić information content (AvgIpc) is 3.30. The molecule has 0 aromatic carbocycles. The summed E-state index contributed by atoms with van der Waals surface area (Å²) in [6, 6.07) is 0. The van der Waals surface area contributed by atoms with E-state index in [1.54, 1.807) is 0 Å². The van der Waals surface area contributed by atoms with Crippen LogP contribution in [0.15, 0.2) is 12.2 Å². The Morgan fingerprint density at radius 3 is 2.37 bits per heavy atom. The van der Waals surface area contributed by atoms with Crippen LogP contribution >= 0.6 is 0 Å². The summed E-state index contributed by atoms with van der Waals surface area (Å²) in [7, 11) is 0. The van der Waals surface area contributed by atoms with E-state index < -0.39 is 0 Å². The van der Waals surface area contributed by atoms with Crippen molar-refractivity contribution < 1.29 is 4.79 Å². The Kier molecular flexibility index (Phi) is 4.24. The van der Waals surface area contributed by atoms with Crippen molar-refractivity contribution in [3.63, 3.8) is 0 Å². The minimum Gasteiger partial charge on any atom is -0.338 e. The van der Waals surface area contributed by atoms with Crippen molar-refractivity contribution >= 4 is 5.91 Å². The van der Waals surface area contributed by atoms with Crippen molar-refractivity contribution in [3.05, 3.63) is 12.2 Å². The van der Waals surface area contributed by atoms with Gasteiger partial charge in [-0.25, -0.2) is 0 Å². The summed E-state index contributed by atoms with van der Waals surface area (Å²) >= 11 is 0. The predicted octanol–water partition coefficient (Wildman–Crippen LogP) is 3.77. The first kappa shape index (κ1) is 13.2. The highest BCUT2D eigenvalue weighted by Gasteiger charge is 2.35. The summed E-state index contributed by atoms with van der Waals surface area (Å²) in [4.78, 5) is 14.4. The molecule has 3 aliphatic carbocycles. The number of allylic oxidation sites excluding steroid dienone is 1. The smallest absolute Gasteiger partial charge is 0.225 e. The van der Waals surface area contributed by atoms with E-state index in [0.29, 0.717) is 11.8 Å². The molecule has 0 aromatic heterocycles. The lowest BCUT2D eigenvalue weighted by Crippen LogP contribution is -2.34. The normalized spacial score (nSPS) is 24.8. The lowest BCUT2D eigenvalue weighted by molar-refractivity contribution is -0.132. The van der Waals surface area contributed by atoms with Gasteiger partial charge < -0.3 is 4.90 Å². The van der Waals surface area contributed by atoms with Crippen LogP contribution < -0.4 is 0 Å². The topological polar surface area (TPSA) is 20.3 Å². The van der Waals surface area contributed by atoms with E-state index in [9.17, 15) is 4.79 Å². The van der Waals surface area contributed by atoms with Gasteiger partial charge in [-0.3, -0.25) is 4.79 Å². The largest absolute Gasteiger partial charge is 0.338 e. The molecule has 106 valence electrons. The SMILES string of the molecule is O=C(C1CC1)N(C/C=C\C1CCCCC1)CC1CC1. The zero-order chi connectivity index (χ0) is 13.1. The second kappa shape index (κ2) is 6.11. The first-order valence-electron chi connectivity index (χ1n) is 8.28. The van der Waals surface area contributed by atoms with Crippen molar-refractivity contribution in [2.75, 3.05) is 13.1 Å². The fourth-order valence-electron chi connectivity index (χ4n) is 3.16. The van der Waals surface area contributed by atoms with Gasteiger partial charge in [0.15, 0.2) is 0 Å². The highest BCUT2D eigenvalue weighted by molar-refractivity contribution is 5.81. The van der Waals surface area contributed by atoms with Gasteiger partial charge in [0.1, 0.15) is 0 Å². The van der Waals surface area contributed by atoms with E-state index in [1.807, 2.05) is 0 Å². The number of amides is 1. The monoisotopic (exact) mass is 261 g/mol. The van der Waals surface area contributed by atoms with Gasteiger partial charge in [-0.1, -0.05) is 31.4 Å². The van der Waals surface area contributed by atoms with E-state index in [-0.39, 0.29) is 0 Å². The number of carbonyl (C=O) groups excluding carboxylic acids is 1. The van der Waals surface area contributed by atoms with Crippen molar-refractivity contribution in [2.24, 2.45) is 17.8 Å². The minimum atomic E-state index is 0.377. The number of hydrogen-bond acceptors (Lipinski definition) is 1. The summed E-state index contributed by atoms with van der Waals surface area (Å²) in [5.41, 5.74) is 0. The lowest BCUT2D eigenvalue weighted by Gasteiger charge is -2.22. The van der Waals surface area contributed by atoms with Gasteiger partial charge in [-0.2, -0.15) is 0 Å². The second-order valence-electron chi connectivity index (χ2n) is 6.79. The molecule has 0 saturated heterocycles. The number of nitrogens with zero attached hydrogens (tertiary/aromatic N) is 1. The Morgan fingerprint density at radius 2 is 1.74 bits per heavy atom. The molecule has 19 heavy (non-hydrogen) atoms. The summed E-state index contributed by atoms with van der Waals surface area (Å²) in [6.45, 7) is 1.88. The molecule has 0 aromatic rings. The van der Waals surface area contributed by atoms with E-state index in [1.165, 1.54) is 44.9 Å². The highest BCUT2D eigenvalue weighted by Crippen LogP contribution is 2.34. The quantitative estimate of drug-likeness (QED) is 0.666. The van der Waals surface area contributed by atoms with Crippen molar-refractivity contribution in [3.8, 4) is 0 Å². The molecule has 3 rings (SSSR count). The number of rotatable bonds is 6. The molecule has 3 fully saturated rings. The molecule has 2 nitrogen and oxygen atoms in total. The molecule has 2 heteroatoms. The fourth-order valence-corrected chi connectivity index (χ4v) is 3.16. The van der Waals surface area contributed by atoms with Crippen molar-refractivity contribution in [1.29, 1.82) is 0 Å². The molecule has 0 bridgehead atoms. The second-order valence-corrected chi connectivity index (χ2v) is 6.79. The van der Waals surface area contributed by atoms with Gasteiger partial charge in [-0.05, 0) is 50.4 Å². The first-order valence-corrected chi connectivity index (χ1v) is 8.28. The Labute approximate surface area is 117 Å². The highest BCUT2D eigenvalue weighted by atomic mass is 16.2. The number of hydrogen-bond donors (Lipinski definition) is 0. The van der Waals surface area contributed by atoms with Crippen LogP contribution in [0.2, 0.25) is 0 Å². The lowest BCUT2D eigenvalue weighted by atomic mass is 9.89. The molecular weight excluding hydrogens is 234 g/mol. The van der Waals surface area contributed by atoms with E-state index in [2.05, 4.69) is 17.1 Å². The van der Waals surface area contributed by atoms with Gasteiger partial charge in [-0.15, -0.1) is 0 Å². The van der Waals surface area contributed by atoms with Crippen LogP contribution in [0.1, 0.15) is 57.8 Å². The van der Waals surface area contributed by atoms with E-state index in [4.69, 9.17) is 0 Å². The zero-order valence-corrected chi connectivity index (χ0v) is 12.0. The van der Waals surface area contributed by atoms with Crippen LogP contribution in [0.4, 0.5) is 0 Å². The van der Waals surface area contributed by atoms with Gasteiger partial charge in [0.05, 0.1) is 0 Å². The summed E-state index contributed by atoms with van der Waals surface area (Å²) < 4.78 is 0. The summed E-state index contributed by atoms with van der Waals surface area (Å²) in [6.07, 6.45) is 16.5. The maximum absolute atomic E-state index is 12.2. The molecular formula is C17H27NO. The third-order valence-corrected chi connectivity index (χ3v) is 4.80. The molecule has 3 aliphatic rings. The third kappa shape index (κ3) is 4.09. The van der Waals surface area contributed by atoms with Gasteiger partial charge in [0.25, 0.3) is 0 Å². The Morgan fingerprint density at radius 1 is 1.00 bits per heavy atom. The Balaban J connectivity index is 1.48. The van der Waals surface area contributed by atoms with Crippen LogP contribution in [0.3, 0.4) is 0 Å². The van der Waals surface area contributed by atoms with E-state index >= 15 is 0 Å². The van der Waals surface area contributed by atoms with Gasteiger partial charge in [0, 0.05) is 19.0 Å². The first-order chi connectivity index (χ1) is 9.33. The predicted molar refractivity (Wildman–Crippen MR) is 77.7 cm³/mol. The van der Waals surface area contributed by atoms with E-state index in [0.717, 1.165) is 37.8 Å². The maximum Gasteiger partial charge on any atom is 0.225 e. The fraction of sp³-hybridized carbons (Fsp3) is 0.824. The zero-order valence-electron chi connectivity index (χ0n) is 12.0.